The molecule has 0 aromatic heterocycles. The fraction of sp³-hybridized carbons (Fsp3) is 0.235. The zero-order valence-electron chi connectivity index (χ0n) is 11.1. The minimum atomic E-state index is 0.649. The third kappa shape index (κ3) is 4.25. The van der Waals surface area contributed by atoms with E-state index >= 15 is 0 Å². The van der Waals surface area contributed by atoms with E-state index in [4.69, 9.17) is 4.74 Å². The van der Waals surface area contributed by atoms with Gasteiger partial charge in [-0.25, -0.2) is 0 Å². The van der Waals surface area contributed by atoms with E-state index in [2.05, 4.69) is 31.2 Å². The molecule has 2 aromatic rings. The summed E-state index contributed by atoms with van der Waals surface area (Å²) in [6, 6.07) is 15.8. The minimum Gasteiger partial charge on any atom is -0.494 e. The van der Waals surface area contributed by atoms with Crippen LogP contribution in [0.25, 0.3) is 0 Å². The topological polar surface area (TPSA) is 26.3 Å². The molecular weight excluding hydrogens is 236 g/mol. The molecule has 0 N–H and O–H groups in total. The fourth-order valence-corrected chi connectivity index (χ4v) is 1.90. The van der Waals surface area contributed by atoms with Gasteiger partial charge in [-0.2, -0.15) is 0 Å². The van der Waals surface area contributed by atoms with Crippen molar-refractivity contribution in [2.45, 2.75) is 19.8 Å². The summed E-state index contributed by atoms with van der Waals surface area (Å²) in [5.41, 5.74) is 3.26. The molecule has 0 saturated heterocycles. The molecule has 0 saturated carbocycles. The van der Waals surface area contributed by atoms with Gasteiger partial charge < -0.3 is 4.74 Å². The van der Waals surface area contributed by atoms with E-state index in [1.54, 1.807) is 12.1 Å². The van der Waals surface area contributed by atoms with Gasteiger partial charge in [0.2, 0.25) is 0 Å². The van der Waals surface area contributed by atoms with Crippen LogP contribution in [0.3, 0.4) is 0 Å². The van der Waals surface area contributed by atoms with E-state index in [0.29, 0.717) is 12.2 Å². The standard InChI is InChI=1S/C17H18O2/c1-14-7-9-15(10-8-14)5-3-11-19-17-6-2-4-16(12-17)13-18/h2,4,6-10,12-13H,3,5,11H2,1H3. The Bertz CT molecular complexity index is 529. The number of aryl methyl sites for hydroxylation is 2. The van der Waals surface area contributed by atoms with Crippen LogP contribution in [-0.4, -0.2) is 12.9 Å². The SMILES string of the molecule is Cc1ccc(CCCOc2cccc(C=O)c2)cc1. The molecule has 0 atom stereocenters. The smallest absolute Gasteiger partial charge is 0.150 e. The first-order valence-electron chi connectivity index (χ1n) is 6.51. The largest absolute Gasteiger partial charge is 0.494 e. The van der Waals surface area contributed by atoms with Crippen molar-refractivity contribution in [2.75, 3.05) is 6.61 Å². The molecule has 0 bridgehead atoms. The number of carbonyl (C=O) groups excluding carboxylic acids is 1. The summed E-state index contributed by atoms with van der Waals surface area (Å²) in [7, 11) is 0. The number of hydrogen-bond acceptors (Lipinski definition) is 2. The number of rotatable bonds is 6. The van der Waals surface area contributed by atoms with Gasteiger partial charge >= 0.3 is 0 Å². The number of ether oxygens (including phenoxy) is 1. The predicted octanol–water partition coefficient (Wildman–Crippen LogP) is 3.82. The monoisotopic (exact) mass is 254 g/mol. The fourth-order valence-electron chi connectivity index (χ4n) is 1.90. The molecule has 2 heteroatoms. The van der Waals surface area contributed by atoms with Crippen molar-refractivity contribution in [1.29, 1.82) is 0 Å². The van der Waals surface area contributed by atoms with Gasteiger partial charge in [0.15, 0.2) is 0 Å². The first kappa shape index (κ1) is 13.3. The van der Waals surface area contributed by atoms with Crippen LogP contribution in [0.4, 0.5) is 0 Å². The molecule has 0 aliphatic heterocycles. The lowest BCUT2D eigenvalue weighted by Crippen LogP contribution is -1.99. The number of benzene rings is 2. The molecule has 0 aliphatic carbocycles. The second-order valence-corrected chi connectivity index (χ2v) is 4.63. The maximum Gasteiger partial charge on any atom is 0.150 e. The van der Waals surface area contributed by atoms with Crippen molar-refractivity contribution in [3.8, 4) is 5.75 Å². The molecule has 0 radical (unpaired) electrons. The Labute approximate surface area is 114 Å². The van der Waals surface area contributed by atoms with Crippen LogP contribution in [0.5, 0.6) is 5.75 Å². The van der Waals surface area contributed by atoms with Crippen LogP contribution in [-0.2, 0) is 6.42 Å². The summed E-state index contributed by atoms with van der Waals surface area (Å²) in [4.78, 5) is 10.6. The summed E-state index contributed by atoms with van der Waals surface area (Å²) < 4.78 is 5.64. The van der Waals surface area contributed by atoms with Gasteiger partial charge in [-0.1, -0.05) is 42.0 Å². The second kappa shape index (κ2) is 6.74. The van der Waals surface area contributed by atoms with Crippen LogP contribution < -0.4 is 4.74 Å². The highest BCUT2D eigenvalue weighted by molar-refractivity contribution is 5.75. The van der Waals surface area contributed by atoms with E-state index in [1.807, 2.05) is 12.1 Å². The molecule has 2 aromatic carbocycles. The summed E-state index contributed by atoms with van der Waals surface area (Å²) in [6.45, 7) is 2.75. The Kier molecular flexibility index (Phi) is 4.73. The van der Waals surface area contributed by atoms with E-state index in [0.717, 1.165) is 24.9 Å². The molecule has 0 fully saturated rings. The van der Waals surface area contributed by atoms with Gasteiger partial charge in [0, 0.05) is 5.56 Å². The van der Waals surface area contributed by atoms with Crippen molar-refractivity contribution in [3.63, 3.8) is 0 Å². The van der Waals surface area contributed by atoms with Crippen LogP contribution in [0.1, 0.15) is 27.9 Å². The summed E-state index contributed by atoms with van der Waals surface area (Å²) in [5, 5.41) is 0. The Morgan fingerprint density at radius 3 is 2.63 bits per heavy atom. The number of carbonyl (C=O) groups is 1. The number of aldehydes is 1. The van der Waals surface area contributed by atoms with E-state index < -0.39 is 0 Å². The summed E-state index contributed by atoms with van der Waals surface area (Å²) >= 11 is 0. The van der Waals surface area contributed by atoms with Gasteiger partial charge in [0.05, 0.1) is 6.61 Å². The lowest BCUT2D eigenvalue weighted by atomic mass is 10.1. The van der Waals surface area contributed by atoms with Crippen molar-refractivity contribution >= 4 is 6.29 Å². The Morgan fingerprint density at radius 2 is 1.89 bits per heavy atom. The molecular formula is C17H18O2. The molecule has 98 valence electrons. The summed E-state index contributed by atoms with van der Waals surface area (Å²) in [6.07, 6.45) is 2.81. The van der Waals surface area contributed by atoms with Gasteiger partial charge in [-0.05, 0) is 37.5 Å². The zero-order chi connectivity index (χ0) is 13.5. The molecule has 0 amide bonds. The van der Waals surface area contributed by atoms with Crippen molar-refractivity contribution in [1.82, 2.24) is 0 Å². The highest BCUT2D eigenvalue weighted by Crippen LogP contribution is 2.13. The van der Waals surface area contributed by atoms with Crippen LogP contribution in [0, 0.1) is 6.92 Å². The molecule has 19 heavy (non-hydrogen) atoms. The van der Waals surface area contributed by atoms with Crippen LogP contribution in [0.2, 0.25) is 0 Å². The Hall–Kier alpha value is -2.09. The molecule has 0 aliphatic rings. The molecule has 2 rings (SSSR count). The third-order valence-corrected chi connectivity index (χ3v) is 2.99. The van der Waals surface area contributed by atoms with Gasteiger partial charge in [-0.15, -0.1) is 0 Å². The third-order valence-electron chi connectivity index (χ3n) is 2.99. The molecule has 2 nitrogen and oxygen atoms in total. The Balaban J connectivity index is 1.77. The average Bonchev–Trinajstić information content (AvgIpc) is 2.46. The lowest BCUT2D eigenvalue weighted by Gasteiger charge is -2.06. The first-order valence-corrected chi connectivity index (χ1v) is 6.51. The molecule has 0 spiro atoms. The Morgan fingerprint density at radius 1 is 1.11 bits per heavy atom. The highest BCUT2D eigenvalue weighted by atomic mass is 16.5. The predicted molar refractivity (Wildman–Crippen MR) is 76.8 cm³/mol. The molecule has 0 unspecified atom stereocenters. The van der Waals surface area contributed by atoms with E-state index in [1.165, 1.54) is 11.1 Å². The van der Waals surface area contributed by atoms with Crippen molar-refractivity contribution < 1.29 is 9.53 Å². The average molecular weight is 254 g/mol. The quantitative estimate of drug-likeness (QED) is 0.578. The van der Waals surface area contributed by atoms with E-state index in [-0.39, 0.29) is 0 Å². The second-order valence-electron chi connectivity index (χ2n) is 4.63. The highest BCUT2D eigenvalue weighted by Gasteiger charge is 1.97. The van der Waals surface area contributed by atoms with Gasteiger partial charge in [-0.3, -0.25) is 4.79 Å². The van der Waals surface area contributed by atoms with Crippen molar-refractivity contribution in [2.24, 2.45) is 0 Å². The molecule has 0 heterocycles. The lowest BCUT2D eigenvalue weighted by molar-refractivity contribution is 0.112. The van der Waals surface area contributed by atoms with Crippen molar-refractivity contribution in [3.05, 3.63) is 65.2 Å². The first-order chi connectivity index (χ1) is 9.28. The normalized spacial score (nSPS) is 10.2. The van der Waals surface area contributed by atoms with Crippen LogP contribution in [0.15, 0.2) is 48.5 Å². The maximum atomic E-state index is 10.6. The zero-order valence-corrected chi connectivity index (χ0v) is 11.1. The maximum absolute atomic E-state index is 10.6. The summed E-state index contributed by atoms with van der Waals surface area (Å²) in [5.74, 6) is 0.758. The van der Waals surface area contributed by atoms with Crippen LogP contribution >= 0.6 is 0 Å². The van der Waals surface area contributed by atoms with Gasteiger partial charge in [0.25, 0.3) is 0 Å². The number of hydrogen-bond donors (Lipinski definition) is 0. The van der Waals surface area contributed by atoms with E-state index in [9.17, 15) is 4.79 Å². The van der Waals surface area contributed by atoms with Gasteiger partial charge in [0.1, 0.15) is 12.0 Å². The minimum absolute atomic E-state index is 0.649.